The summed E-state index contributed by atoms with van der Waals surface area (Å²) in [4.78, 5) is 23.8. The van der Waals surface area contributed by atoms with Crippen molar-refractivity contribution >= 4 is 28.5 Å². The van der Waals surface area contributed by atoms with Crippen molar-refractivity contribution in [1.29, 1.82) is 0 Å². The number of carbonyl (C=O) groups is 1. The van der Waals surface area contributed by atoms with Crippen molar-refractivity contribution in [3.63, 3.8) is 0 Å². The molecule has 11 heteroatoms. The molecule has 0 aliphatic carbocycles. The quantitative estimate of drug-likeness (QED) is 0.486. The van der Waals surface area contributed by atoms with Crippen molar-refractivity contribution in [3.05, 3.63) is 49.2 Å². The Morgan fingerprint density at radius 3 is 3.07 bits per heavy atom. The molecular formula is C16H12N10O. The number of hydrogen-bond acceptors (Lipinski definition) is 7. The topological polar surface area (TPSA) is 132 Å². The monoisotopic (exact) mass is 360 g/mol. The molecule has 5 rings (SSSR count). The summed E-state index contributed by atoms with van der Waals surface area (Å²) in [5.74, 6) is -0.107. The first-order valence-corrected chi connectivity index (χ1v) is 8.05. The lowest BCUT2D eigenvalue weighted by Crippen LogP contribution is -2.19. The van der Waals surface area contributed by atoms with E-state index in [-0.39, 0.29) is 18.4 Å². The van der Waals surface area contributed by atoms with Crippen LogP contribution >= 0.6 is 0 Å². The number of nitrogens with one attached hydrogen (secondary N) is 2. The van der Waals surface area contributed by atoms with Gasteiger partial charge in [0.05, 0.1) is 0 Å². The maximum atomic E-state index is 12.0. The molecule has 11 nitrogen and oxygen atoms in total. The minimum absolute atomic E-state index is 0.0177. The lowest BCUT2D eigenvalue weighted by Gasteiger charge is -2.02. The number of amides is 1. The molecule has 2 N–H and O–H groups in total. The summed E-state index contributed by atoms with van der Waals surface area (Å²) in [6.07, 6.45) is 6.85. The van der Waals surface area contributed by atoms with E-state index >= 15 is 0 Å². The van der Waals surface area contributed by atoms with Crippen LogP contribution in [0.1, 0.15) is 0 Å². The Bertz CT molecular complexity index is 1250. The summed E-state index contributed by atoms with van der Waals surface area (Å²) < 4.78 is 2.93. The summed E-state index contributed by atoms with van der Waals surface area (Å²) in [7, 11) is 0. The molecule has 5 aromatic heterocycles. The second-order valence-corrected chi connectivity index (χ2v) is 5.85. The number of nitrogens with zero attached hydrogens (tertiary/aromatic N) is 8. The Morgan fingerprint density at radius 2 is 2.19 bits per heavy atom. The average molecular weight is 360 g/mol. The summed E-state index contributed by atoms with van der Waals surface area (Å²) in [5, 5.41) is 18.6. The van der Waals surface area contributed by atoms with Crippen LogP contribution in [0, 0.1) is 0 Å². The molecule has 0 fully saturated rings. The normalized spacial score (nSPS) is 11.3. The highest BCUT2D eigenvalue weighted by molar-refractivity contribution is 5.89. The van der Waals surface area contributed by atoms with E-state index in [2.05, 4.69) is 40.9 Å². The zero-order valence-electron chi connectivity index (χ0n) is 13.8. The Kier molecular flexibility index (Phi) is 3.35. The van der Waals surface area contributed by atoms with E-state index in [1.165, 1.54) is 11.0 Å². The fourth-order valence-corrected chi connectivity index (χ4v) is 2.77. The van der Waals surface area contributed by atoms with E-state index in [1.807, 2.05) is 36.7 Å². The second-order valence-electron chi connectivity index (χ2n) is 5.85. The number of tetrazole rings is 1. The van der Waals surface area contributed by atoms with E-state index in [0.29, 0.717) is 5.65 Å². The van der Waals surface area contributed by atoms with Gasteiger partial charge in [-0.2, -0.15) is 4.98 Å². The van der Waals surface area contributed by atoms with Crippen molar-refractivity contribution in [2.75, 3.05) is 5.32 Å². The Balaban J connectivity index is 1.41. The number of pyridine rings is 2. The van der Waals surface area contributed by atoms with Gasteiger partial charge in [-0.15, -0.1) is 10.2 Å². The number of H-pyrrole nitrogens is 1. The minimum atomic E-state index is -0.319. The van der Waals surface area contributed by atoms with E-state index in [9.17, 15) is 4.79 Å². The van der Waals surface area contributed by atoms with Crippen LogP contribution < -0.4 is 5.32 Å². The summed E-state index contributed by atoms with van der Waals surface area (Å²) in [5.41, 5.74) is 3.36. The highest BCUT2D eigenvalue weighted by Crippen LogP contribution is 2.22. The molecule has 0 unspecified atom stereocenters. The zero-order valence-corrected chi connectivity index (χ0v) is 13.8. The van der Waals surface area contributed by atoms with Gasteiger partial charge in [0.25, 0.3) is 0 Å². The van der Waals surface area contributed by atoms with Crippen LogP contribution in [0.4, 0.5) is 5.95 Å². The number of aromatic nitrogens is 9. The number of aromatic amines is 1. The fourth-order valence-electron chi connectivity index (χ4n) is 2.77. The van der Waals surface area contributed by atoms with Crippen molar-refractivity contribution in [1.82, 2.24) is 44.8 Å². The smallest absolute Gasteiger partial charge is 0.249 e. The molecule has 5 aromatic rings. The van der Waals surface area contributed by atoms with Crippen LogP contribution in [0.5, 0.6) is 0 Å². The van der Waals surface area contributed by atoms with Crippen LogP contribution in [0.25, 0.3) is 27.8 Å². The first-order valence-electron chi connectivity index (χ1n) is 8.05. The Morgan fingerprint density at radius 1 is 1.22 bits per heavy atom. The van der Waals surface area contributed by atoms with E-state index < -0.39 is 0 Å². The third-order valence-electron chi connectivity index (χ3n) is 4.01. The molecule has 27 heavy (non-hydrogen) atoms. The molecule has 0 aliphatic heterocycles. The van der Waals surface area contributed by atoms with Crippen molar-refractivity contribution in [2.24, 2.45) is 0 Å². The molecule has 5 heterocycles. The maximum absolute atomic E-state index is 12.0. The predicted molar refractivity (Wildman–Crippen MR) is 94.5 cm³/mol. The summed E-state index contributed by atoms with van der Waals surface area (Å²) in [6.45, 7) is -0.0177. The molecule has 0 spiro atoms. The third kappa shape index (κ3) is 2.86. The van der Waals surface area contributed by atoms with Gasteiger partial charge in [0, 0.05) is 35.1 Å². The summed E-state index contributed by atoms with van der Waals surface area (Å²) >= 11 is 0. The van der Waals surface area contributed by atoms with E-state index in [4.69, 9.17) is 0 Å². The van der Waals surface area contributed by atoms with Gasteiger partial charge >= 0.3 is 0 Å². The molecule has 132 valence electrons. The molecule has 0 aromatic carbocycles. The highest BCUT2D eigenvalue weighted by atomic mass is 16.2. The lowest BCUT2D eigenvalue weighted by molar-refractivity contribution is -0.117. The molecule has 0 bridgehead atoms. The molecule has 0 aliphatic rings. The third-order valence-corrected chi connectivity index (χ3v) is 4.01. The summed E-state index contributed by atoms with van der Waals surface area (Å²) in [6, 6.07) is 7.79. The highest BCUT2D eigenvalue weighted by Gasteiger charge is 2.10. The average Bonchev–Trinajstić information content (AvgIpc) is 3.40. The standard InChI is InChI=1S/C16H12N10O/c27-14(8-25-9-19-23-24-25)21-16-20-13-2-1-11(7-26(13)22-16)12-5-10-3-4-17-15(10)18-6-12/h1-7,9H,8H2,(H,17,18)(H,21,22,27). The van der Waals surface area contributed by atoms with E-state index in [0.717, 1.165) is 22.2 Å². The minimum Gasteiger partial charge on any atom is -0.346 e. The van der Waals surface area contributed by atoms with Crippen molar-refractivity contribution in [3.8, 4) is 11.1 Å². The van der Waals surface area contributed by atoms with Crippen LogP contribution in [0.15, 0.2) is 49.2 Å². The van der Waals surface area contributed by atoms with Crippen LogP contribution in [-0.4, -0.2) is 50.7 Å². The van der Waals surface area contributed by atoms with Gasteiger partial charge in [0.2, 0.25) is 11.9 Å². The number of carbonyl (C=O) groups excluding carboxylic acids is 1. The van der Waals surface area contributed by atoms with Crippen LogP contribution in [0.2, 0.25) is 0 Å². The molecule has 0 saturated carbocycles. The molecular weight excluding hydrogens is 348 g/mol. The van der Waals surface area contributed by atoms with Gasteiger partial charge in [-0.05, 0) is 34.7 Å². The number of anilines is 1. The van der Waals surface area contributed by atoms with Gasteiger partial charge in [-0.25, -0.2) is 14.2 Å². The van der Waals surface area contributed by atoms with Gasteiger partial charge in [-0.3, -0.25) is 10.1 Å². The number of fused-ring (bicyclic) bond motifs is 2. The van der Waals surface area contributed by atoms with Crippen LogP contribution in [0.3, 0.4) is 0 Å². The predicted octanol–water partition coefficient (Wildman–Crippen LogP) is 0.898. The fraction of sp³-hybridized carbons (Fsp3) is 0.0625. The van der Waals surface area contributed by atoms with Crippen molar-refractivity contribution in [2.45, 2.75) is 6.54 Å². The first kappa shape index (κ1) is 15.1. The number of rotatable bonds is 4. The largest absolute Gasteiger partial charge is 0.346 e. The Labute approximate surface area is 151 Å². The second kappa shape index (κ2) is 5.98. The van der Waals surface area contributed by atoms with Gasteiger partial charge in [0.1, 0.15) is 18.5 Å². The number of hydrogen-bond donors (Lipinski definition) is 2. The maximum Gasteiger partial charge on any atom is 0.249 e. The molecule has 0 radical (unpaired) electrons. The van der Waals surface area contributed by atoms with E-state index in [1.54, 1.807) is 10.7 Å². The lowest BCUT2D eigenvalue weighted by atomic mass is 10.1. The Hall–Kier alpha value is -4.15. The van der Waals surface area contributed by atoms with Crippen molar-refractivity contribution < 1.29 is 4.79 Å². The molecule has 0 saturated heterocycles. The van der Waals surface area contributed by atoms with Crippen LogP contribution in [-0.2, 0) is 11.3 Å². The SMILES string of the molecule is O=C(Cn1cnnn1)Nc1nc2ccc(-c3cnc4[nH]ccc4c3)cn2n1. The van der Waals surface area contributed by atoms with Gasteiger partial charge in [-0.1, -0.05) is 0 Å². The zero-order chi connectivity index (χ0) is 18.2. The first-order chi connectivity index (χ1) is 13.2. The van der Waals surface area contributed by atoms with Gasteiger partial charge < -0.3 is 4.98 Å². The van der Waals surface area contributed by atoms with Gasteiger partial charge in [0.15, 0.2) is 5.65 Å². The molecule has 1 amide bonds. The molecule has 0 atom stereocenters.